The van der Waals surface area contributed by atoms with Crippen LogP contribution >= 0.6 is 0 Å². The van der Waals surface area contributed by atoms with Crippen molar-refractivity contribution in [1.29, 1.82) is 0 Å². The number of aryl methyl sites for hydroxylation is 1. The first-order chi connectivity index (χ1) is 10.1. The molecule has 3 N–H and O–H groups in total. The van der Waals surface area contributed by atoms with Crippen LogP contribution in [0.2, 0.25) is 0 Å². The molecule has 1 aromatic rings. The van der Waals surface area contributed by atoms with Crippen LogP contribution in [-0.2, 0) is 12.0 Å². The average molecular weight is 286 g/mol. The maximum atomic E-state index is 5.22. The van der Waals surface area contributed by atoms with Crippen LogP contribution in [0.25, 0.3) is 0 Å². The first-order valence-corrected chi connectivity index (χ1v) is 8.72. The Labute approximate surface area is 129 Å². The second-order valence-corrected chi connectivity index (χ2v) is 7.29. The van der Waals surface area contributed by atoms with Gasteiger partial charge in [0.25, 0.3) is 0 Å². The predicted molar refractivity (Wildman–Crippen MR) is 89.5 cm³/mol. The Morgan fingerprint density at radius 3 is 2.33 bits per heavy atom. The van der Waals surface area contributed by atoms with Crippen molar-refractivity contribution < 1.29 is 0 Å². The topological polar surface area (TPSA) is 38.0 Å². The highest BCUT2D eigenvalue weighted by Gasteiger charge is 2.43. The molecule has 3 aliphatic carbocycles. The lowest BCUT2D eigenvalue weighted by Gasteiger charge is -2.19. The highest BCUT2D eigenvalue weighted by atomic mass is 14.9. The SMILES string of the molecule is CCC1(c2ccc(C)cc2CNC2CC2)CC1.NC1CC1. The van der Waals surface area contributed by atoms with E-state index >= 15 is 0 Å². The molecule has 0 atom stereocenters. The fourth-order valence-corrected chi connectivity index (χ4v) is 2.99. The molecule has 0 saturated heterocycles. The highest BCUT2D eigenvalue weighted by molar-refractivity contribution is 5.40. The van der Waals surface area contributed by atoms with Crippen molar-refractivity contribution in [3.8, 4) is 0 Å². The summed E-state index contributed by atoms with van der Waals surface area (Å²) in [6.07, 6.45) is 9.36. The fraction of sp³-hybridized carbons (Fsp3) is 0.684. The molecule has 0 heterocycles. The molecule has 2 heteroatoms. The summed E-state index contributed by atoms with van der Waals surface area (Å²) in [5.74, 6) is 0. The van der Waals surface area contributed by atoms with E-state index in [0.29, 0.717) is 11.5 Å². The summed E-state index contributed by atoms with van der Waals surface area (Å²) in [6.45, 7) is 5.62. The number of hydrogen-bond acceptors (Lipinski definition) is 2. The lowest BCUT2D eigenvalue weighted by molar-refractivity contribution is 0.630. The zero-order valence-corrected chi connectivity index (χ0v) is 13.6. The van der Waals surface area contributed by atoms with E-state index in [1.165, 1.54) is 50.5 Å². The number of benzene rings is 1. The molecule has 3 aliphatic rings. The van der Waals surface area contributed by atoms with E-state index in [9.17, 15) is 0 Å². The third kappa shape index (κ3) is 4.08. The summed E-state index contributed by atoms with van der Waals surface area (Å²) in [5, 5.41) is 3.66. The summed E-state index contributed by atoms with van der Waals surface area (Å²) in [5.41, 5.74) is 10.3. The molecule has 2 nitrogen and oxygen atoms in total. The lowest BCUT2D eigenvalue weighted by Crippen LogP contribution is -2.19. The van der Waals surface area contributed by atoms with Gasteiger partial charge in [0, 0.05) is 18.6 Å². The van der Waals surface area contributed by atoms with E-state index in [1.54, 1.807) is 11.1 Å². The maximum absolute atomic E-state index is 5.22. The molecule has 0 unspecified atom stereocenters. The van der Waals surface area contributed by atoms with Crippen molar-refractivity contribution in [3.63, 3.8) is 0 Å². The quantitative estimate of drug-likeness (QED) is 0.864. The van der Waals surface area contributed by atoms with Crippen LogP contribution in [-0.4, -0.2) is 12.1 Å². The Morgan fingerprint density at radius 2 is 1.86 bits per heavy atom. The lowest BCUT2D eigenvalue weighted by atomic mass is 9.88. The Balaban J connectivity index is 0.000000287. The second-order valence-electron chi connectivity index (χ2n) is 7.29. The Morgan fingerprint density at radius 1 is 1.19 bits per heavy atom. The molecular weight excluding hydrogens is 256 g/mol. The fourth-order valence-electron chi connectivity index (χ4n) is 2.99. The van der Waals surface area contributed by atoms with Gasteiger partial charge in [-0.2, -0.15) is 0 Å². The molecule has 0 aliphatic heterocycles. The van der Waals surface area contributed by atoms with E-state index in [0.717, 1.165) is 12.6 Å². The van der Waals surface area contributed by atoms with Crippen LogP contribution < -0.4 is 11.1 Å². The molecular formula is C19H30N2. The number of rotatable bonds is 5. The van der Waals surface area contributed by atoms with E-state index in [-0.39, 0.29) is 0 Å². The number of nitrogens with one attached hydrogen (secondary N) is 1. The molecule has 1 aromatic carbocycles. The first kappa shape index (κ1) is 15.1. The third-order valence-corrected chi connectivity index (χ3v) is 5.14. The first-order valence-electron chi connectivity index (χ1n) is 8.72. The van der Waals surface area contributed by atoms with Crippen molar-refractivity contribution in [3.05, 3.63) is 34.9 Å². The van der Waals surface area contributed by atoms with E-state index in [1.807, 2.05) is 0 Å². The molecule has 0 amide bonds. The van der Waals surface area contributed by atoms with Gasteiger partial charge in [-0.05, 0) is 68.4 Å². The van der Waals surface area contributed by atoms with E-state index in [4.69, 9.17) is 5.73 Å². The van der Waals surface area contributed by atoms with Crippen molar-refractivity contribution in [2.75, 3.05) is 0 Å². The van der Waals surface area contributed by atoms with Crippen LogP contribution in [0, 0.1) is 6.92 Å². The molecule has 0 bridgehead atoms. The minimum atomic E-state index is 0.536. The summed E-state index contributed by atoms with van der Waals surface area (Å²) in [4.78, 5) is 0. The molecule has 21 heavy (non-hydrogen) atoms. The zero-order chi connectivity index (χ0) is 14.9. The van der Waals surface area contributed by atoms with Crippen LogP contribution in [0.15, 0.2) is 18.2 Å². The largest absolute Gasteiger partial charge is 0.328 e. The van der Waals surface area contributed by atoms with Crippen LogP contribution in [0.5, 0.6) is 0 Å². The van der Waals surface area contributed by atoms with Gasteiger partial charge < -0.3 is 11.1 Å². The van der Waals surface area contributed by atoms with E-state index in [2.05, 4.69) is 37.4 Å². The van der Waals surface area contributed by atoms with Crippen molar-refractivity contribution in [1.82, 2.24) is 5.32 Å². The van der Waals surface area contributed by atoms with Crippen molar-refractivity contribution in [2.24, 2.45) is 5.73 Å². The normalized spacial score (nSPS) is 22.4. The highest BCUT2D eigenvalue weighted by Crippen LogP contribution is 2.52. The van der Waals surface area contributed by atoms with Gasteiger partial charge in [0.15, 0.2) is 0 Å². The molecule has 3 fully saturated rings. The average Bonchev–Trinajstić information content (AvgIpc) is 3.34. The van der Waals surface area contributed by atoms with Crippen molar-refractivity contribution in [2.45, 2.75) is 82.8 Å². The van der Waals surface area contributed by atoms with Gasteiger partial charge in [0.2, 0.25) is 0 Å². The number of hydrogen-bond donors (Lipinski definition) is 2. The van der Waals surface area contributed by atoms with Gasteiger partial charge in [-0.15, -0.1) is 0 Å². The van der Waals surface area contributed by atoms with Crippen LogP contribution in [0.1, 0.15) is 68.6 Å². The molecule has 0 spiro atoms. The van der Waals surface area contributed by atoms with Gasteiger partial charge in [0.1, 0.15) is 0 Å². The van der Waals surface area contributed by atoms with Crippen molar-refractivity contribution >= 4 is 0 Å². The Kier molecular flexibility index (Phi) is 4.37. The molecule has 0 aromatic heterocycles. The second kappa shape index (κ2) is 6.10. The van der Waals surface area contributed by atoms with Gasteiger partial charge in [0.05, 0.1) is 0 Å². The molecule has 0 radical (unpaired) electrons. The standard InChI is InChI=1S/C16H23N.C3H7N/c1-3-16(8-9-16)15-7-4-12(2)10-13(15)11-17-14-5-6-14;4-3-1-2-3/h4,7,10,14,17H,3,5-6,8-9,11H2,1-2H3;3H,1-2,4H2. The summed E-state index contributed by atoms with van der Waals surface area (Å²) < 4.78 is 0. The van der Waals surface area contributed by atoms with Gasteiger partial charge >= 0.3 is 0 Å². The zero-order valence-electron chi connectivity index (χ0n) is 13.6. The summed E-state index contributed by atoms with van der Waals surface area (Å²) in [7, 11) is 0. The van der Waals surface area contributed by atoms with E-state index < -0.39 is 0 Å². The minimum Gasteiger partial charge on any atom is -0.328 e. The minimum absolute atomic E-state index is 0.536. The van der Waals surface area contributed by atoms with Gasteiger partial charge in [-0.1, -0.05) is 30.7 Å². The summed E-state index contributed by atoms with van der Waals surface area (Å²) >= 11 is 0. The third-order valence-electron chi connectivity index (χ3n) is 5.14. The summed E-state index contributed by atoms with van der Waals surface area (Å²) in [6, 6.07) is 8.45. The molecule has 3 saturated carbocycles. The maximum Gasteiger partial charge on any atom is 0.0211 e. The van der Waals surface area contributed by atoms with Crippen LogP contribution in [0.3, 0.4) is 0 Å². The van der Waals surface area contributed by atoms with Crippen LogP contribution in [0.4, 0.5) is 0 Å². The van der Waals surface area contributed by atoms with Gasteiger partial charge in [-0.25, -0.2) is 0 Å². The Bertz CT molecular complexity index is 482. The Hall–Kier alpha value is -0.860. The molecule has 4 rings (SSSR count). The predicted octanol–water partition coefficient (Wildman–Crippen LogP) is 3.80. The smallest absolute Gasteiger partial charge is 0.0211 e. The number of nitrogens with two attached hydrogens (primary N) is 1. The monoisotopic (exact) mass is 286 g/mol. The van der Waals surface area contributed by atoms with Gasteiger partial charge in [-0.3, -0.25) is 0 Å². The molecule has 116 valence electrons.